The Morgan fingerprint density at radius 1 is 1.21 bits per heavy atom. The van der Waals surface area contributed by atoms with E-state index >= 15 is 0 Å². The van der Waals surface area contributed by atoms with Gasteiger partial charge in [-0.05, 0) is 45.5 Å². The maximum absolute atomic E-state index is 5.97. The van der Waals surface area contributed by atoms with E-state index in [1.807, 2.05) is 38.2 Å². The molecule has 1 unspecified atom stereocenters. The summed E-state index contributed by atoms with van der Waals surface area (Å²) in [4.78, 5) is 4.34. The van der Waals surface area contributed by atoms with Gasteiger partial charge in [0.15, 0.2) is 0 Å². The highest BCUT2D eigenvalue weighted by Gasteiger charge is 2.12. The highest BCUT2D eigenvalue weighted by atomic mass is 16.5. The fourth-order valence-corrected chi connectivity index (χ4v) is 1.99. The smallest absolute Gasteiger partial charge is 0.223 e. The summed E-state index contributed by atoms with van der Waals surface area (Å²) in [5.74, 6) is 1.52. The molecule has 100 valence electrons. The molecule has 0 aliphatic rings. The van der Waals surface area contributed by atoms with E-state index in [9.17, 15) is 0 Å². The molecule has 1 aromatic carbocycles. The van der Waals surface area contributed by atoms with Crippen LogP contribution in [-0.4, -0.2) is 12.0 Å². The van der Waals surface area contributed by atoms with E-state index in [1.165, 1.54) is 5.56 Å². The maximum Gasteiger partial charge on any atom is 0.223 e. The topological polar surface area (TPSA) is 34.2 Å². The lowest BCUT2D eigenvalue weighted by atomic mass is 10.1. The van der Waals surface area contributed by atoms with Crippen molar-refractivity contribution in [2.45, 2.75) is 26.8 Å². The Bertz CT molecular complexity index is 566. The summed E-state index contributed by atoms with van der Waals surface area (Å²) < 4.78 is 5.97. The van der Waals surface area contributed by atoms with Crippen LogP contribution in [0, 0.1) is 13.8 Å². The van der Waals surface area contributed by atoms with Gasteiger partial charge in [-0.25, -0.2) is 4.98 Å². The first-order valence-electron chi connectivity index (χ1n) is 6.49. The van der Waals surface area contributed by atoms with Crippen molar-refractivity contribution in [3.8, 4) is 11.6 Å². The van der Waals surface area contributed by atoms with Crippen molar-refractivity contribution in [1.82, 2.24) is 10.3 Å². The largest absolute Gasteiger partial charge is 0.438 e. The molecule has 2 rings (SSSR count). The van der Waals surface area contributed by atoms with Gasteiger partial charge in [-0.3, -0.25) is 0 Å². The average molecular weight is 256 g/mol. The van der Waals surface area contributed by atoms with Gasteiger partial charge in [0.2, 0.25) is 5.88 Å². The van der Waals surface area contributed by atoms with Gasteiger partial charge in [-0.2, -0.15) is 0 Å². The molecule has 0 aliphatic heterocycles. The summed E-state index contributed by atoms with van der Waals surface area (Å²) >= 11 is 0. The molecule has 3 heteroatoms. The predicted octanol–water partition coefficient (Wildman–Crippen LogP) is 3.77. The summed E-state index contributed by atoms with van der Waals surface area (Å²) in [5, 5.41) is 3.21. The third-order valence-corrected chi connectivity index (χ3v) is 3.24. The van der Waals surface area contributed by atoms with Gasteiger partial charge in [0.05, 0.1) is 0 Å². The van der Waals surface area contributed by atoms with Crippen LogP contribution >= 0.6 is 0 Å². The Hall–Kier alpha value is -1.87. The van der Waals surface area contributed by atoms with Crippen LogP contribution in [0.5, 0.6) is 11.6 Å². The predicted molar refractivity (Wildman–Crippen MR) is 77.7 cm³/mol. The molecule has 0 fully saturated rings. The monoisotopic (exact) mass is 256 g/mol. The second-order valence-electron chi connectivity index (χ2n) is 4.78. The number of nitrogens with one attached hydrogen (secondary N) is 1. The van der Waals surface area contributed by atoms with Gasteiger partial charge in [0.1, 0.15) is 5.75 Å². The Morgan fingerprint density at radius 2 is 2.00 bits per heavy atom. The first kappa shape index (κ1) is 13.6. The van der Waals surface area contributed by atoms with Crippen molar-refractivity contribution in [2.75, 3.05) is 7.05 Å². The Morgan fingerprint density at radius 3 is 2.68 bits per heavy atom. The van der Waals surface area contributed by atoms with E-state index in [-0.39, 0.29) is 6.04 Å². The molecule has 0 saturated heterocycles. The van der Waals surface area contributed by atoms with Crippen LogP contribution in [0.3, 0.4) is 0 Å². The Balaban J connectivity index is 2.33. The van der Waals surface area contributed by atoms with Crippen LogP contribution < -0.4 is 10.1 Å². The summed E-state index contributed by atoms with van der Waals surface area (Å²) in [6.45, 7) is 6.21. The zero-order chi connectivity index (χ0) is 13.8. The van der Waals surface area contributed by atoms with Crippen molar-refractivity contribution in [3.05, 3.63) is 53.2 Å². The quantitative estimate of drug-likeness (QED) is 0.904. The molecule has 0 bridgehead atoms. The van der Waals surface area contributed by atoms with Crippen LogP contribution in [0.1, 0.15) is 29.7 Å². The van der Waals surface area contributed by atoms with Gasteiger partial charge < -0.3 is 10.1 Å². The van der Waals surface area contributed by atoms with Gasteiger partial charge in [0, 0.05) is 17.8 Å². The zero-order valence-corrected chi connectivity index (χ0v) is 11.9. The van der Waals surface area contributed by atoms with E-state index in [4.69, 9.17) is 4.74 Å². The molecule has 1 atom stereocenters. The van der Waals surface area contributed by atoms with Gasteiger partial charge in [-0.15, -0.1) is 0 Å². The molecule has 0 aliphatic carbocycles. The van der Waals surface area contributed by atoms with Crippen LogP contribution in [-0.2, 0) is 0 Å². The molecule has 19 heavy (non-hydrogen) atoms. The van der Waals surface area contributed by atoms with Gasteiger partial charge in [0.25, 0.3) is 0 Å². The lowest BCUT2D eigenvalue weighted by Gasteiger charge is -2.16. The molecular weight excluding hydrogens is 236 g/mol. The number of nitrogens with zero attached hydrogens (tertiary/aromatic N) is 1. The minimum Gasteiger partial charge on any atom is -0.438 e. The lowest BCUT2D eigenvalue weighted by Crippen LogP contribution is -2.13. The molecule has 3 nitrogen and oxygen atoms in total. The highest BCUT2D eigenvalue weighted by molar-refractivity contribution is 5.40. The number of rotatable bonds is 4. The normalized spacial score (nSPS) is 12.2. The minimum absolute atomic E-state index is 0.203. The standard InChI is InChI=1S/C16H20N2O/c1-11-7-8-15(12(2)10-11)19-16-14(13(3)17-4)6-5-9-18-16/h5-10,13,17H,1-4H3. The third-order valence-electron chi connectivity index (χ3n) is 3.24. The molecule has 2 aromatic rings. The molecule has 0 amide bonds. The van der Waals surface area contributed by atoms with Crippen LogP contribution in [0.2, 0.25) is 0 Å². The second-order valence-corrected chi connectivity index (χ2v) is 4.78. The first-order valence-corrected chi connectivity index (χ1v) is 6.49. The van der Waals surface area contributed by atoms with Crippen LogP contribution in [0.15, 0.2) is 36.5 Å². The average Bonchev–Trinajstić information content (AvgIpc) is 2.41. The summed E-state index contributed by atoms with van der Waals surface area (Å²) in [6, 6.07) is 10.3. The summed E-state index contributed by atoms with van der Waals surface area (Å²) in [7, 11) is 1.93. The number of aryl methyl sites for hydroxylation is 2. The number of aromatic nitrogens is 1. The Kier molecular flexibility index (Phi) is 4.17. The molecule has 1 N–H and O–H groups in total. The fraction of sp³-hybridized carbons (Fsp3) is 0.312. The van der Waals surface area contributed by atoms with Crippen molar-refractivity contribution in [3.63, 3.8) is 0 Å². The van der Waals surface area contributed by atoms with Crippen LogP contribution in [0.4, 0.5) is 0 Å². The summed E-state index contributed by atoms with van der Waals surface area (Å²) in [6.07, 6.45) is 1.75. The molecule has 1 aromatic heterocycles. The fourth-order valence-electron chi connectivity index (χ4n) is 1.99. The van der Waals surface area contributed by atoms with E-state index in [1.54, 1.807) is 6.20 Å². The first-order chi connectivity index (χ1) is 9.11. The molecular formula is C16H20N2O. The molecule has 0 radical (unpaired) electrons. The molecule has 0 spiro atoms. The SMILES string of the molecule is CNC(C)c1cccnc1Oc1ccc(C)cc1C. The third kappa shape index (κ3) is 3.12. The minimum atomic E-state index is 0.203. The van der Waals surface area contributed by atoms with Gasteiger partial charge in [-0.1, -0.05) is 23.8 Å². The van der Waals surface area contributed by atoms with E-state index in [0.29, 0.717) is 5.88 Å². The number of hydrogen-bond acceptors (Lipinski definition) is 3. The van der Waals surface area contributed by atoms with Crippen molar-refractivity contribution < 1.29 is 4.74 Å². The number of benzene rings is 1. The highest BCUT2D eigenvalue weighted by Crippen LogP contribution is 2.29. The van der Waals surface area contributed by atoms with Crippen LogP contribution in [0.25, 0.3) is 0 Å². The van der Waals surface area contributed by atoms with E-state index < -0.39 is 0 Å². The van der Waals surface area contributed by atoms with Crippen molar-refractivity contribution in [2.24, 2.45) is 0 Å². The number of ether oxygens (including phenoxy) is 1. The number of hydrogen-bond donors (Lipinski definition) is 1. The molecule has 1 heterocycles. The Labute approximate surface area is 114 Å². The second kappa shape index (κ2) is 5.85. The van der Waals surface area contributed by atoms with Crippen molar-refractivity contribution >= 4 is 0 Å². The maximum atomic E-state index is 5.97. The van der Waals surface area contributed by atoms with Crippen molar-refractivity contribution in [1.29, 1.82) is 0 Å². The summed E-state index contributed by atoms with van der Waals surface area (Å²) in [5.41, 5.74) is 3.41. The zero-order valence-electron chi connectivity index (χ0n) is 11.9. The number of pyridine rings is 1. The van der Waals surface area contributed by atoms with E-state index in [0.717, 1.165) is 16.9 Å². The molecule has 0 saturated carbocycles. The lowest BCUT2D eigenvalue weighted by molar-refractivity contribution is 0.443. The van der Waals surface area contributed by atoms with E-state index in [2.05, 4.69) is 30.2 Å². The van der Waals surface area contributed by atoms with Gasteiger partial charge >= 0.3 is 0 Å².